The molecule has 0 aromatic carbocycles. The van der Waals surface area contributed by atoms with Gasteiger partial charge in [-0.05, 0) is 19.9 Å². The molecule has 15 nitrogen and oxygen atoms in total. The summed E-state index contributed by atoms with van der Waals surface area (Å²) in [5.41, 5.74) is 11.9. The van der Waals surface area contributed by atoms with Crippen molar-refractivity contribution in [2.75, 3.05) is 20.3 Å². The maximum atomic E-state index is 10.9. The highest BCUT2D eigenvalue weighted by molar-refractivity contribution is 5.06. The van der Waals surface area contributed by atoms with Crippen LogP contribution in [0.15, 0.2) is 0 Å². The lowest BCUT2D eigenvalue weighted by atomic mass is 9.80. The van der Waals surface area contributed by atoms with Crippen molar-refractivity contribution in [3.63, 3.8) is 0 Å². The zero-order valence-corrected chi connectivity index (χ0v) is 19.9. The van der Waals surface area contributed by atoms with Crippen LogP contribution >= 0.6 is 0 Å². The summed E-state index contributed by atoms with van der Waals surface area (Å²) in [5.74, 6) is -3.17. The third-order valence-corrected chi connectivity index (χ3v) is 7.94. The van der Waals surface area contributed by atoms with Crippen molar-refractivity contribution in [1.29, 1.82) is 0 Å². The Hall–Kier alpha value is -0.600. The molecule has 15 heteroatoms. The van der Waals surface area contributed by atoms with Gasteiger partial charge in [0, 0.05) is 24.6 Å². The Balaban J connectivity index is 1.62. The van der Waals surface area contributed by atoms with Gasteiger partial charge in [0.15, 0.2) is 6.10 Å². The van der Waals surface area contributed by atoms with Gasteiger partial charge in [0.05, 0.1) is 37.1 Å². The summed E-state index contributed by atoms with van der Waals surface area (Å²) in [6, 6.07) is -2.36. The molecule has 2 saturated heterocycles. The van der Waals surface area contributed by atoms with Crippen molar-refractivity contribution in [2.24, 2.45) is 17.4 Å². The standard InChI is InChI=1S/C21H39N3O12/c1-24-9-3-7(22)12(28)18(13(9)29)33-10-2-6(4-25)11(27)19-17(10)35-21(36-19)20(32)15(31)14(30)16(34-21)8(23)5-26/h6-20,24-32H,2-5,22-23H2,1H3/t6-,7-,8-,9+,10-,11+,12+,13-,14-,15+,16+,17-,18-,19+,20-,21+/m1/s1. The monoisotopic (exact) mass is 525 g/mol. The number of nitrogens with two attached hydrogens (primary N) is 2. The van der Waals surface area contributed by atoms with E-state index >= 15 is 0 Å². The predicted octanol–water partition coefficient (Wildman–Crippen LogP) is -6.61. The van der Waals surface area contributed by atoms with Crippen LogP contribution in [-0.4, -0.2) is 152 Å². The number of rotatable bonds is 6. The third kappa shape index (κ3) is 4.70. The lowest BCUT2D eigenvalue weighted by Gasteiger charge is -2.46. The molecule has 210 valence electrons. The van der Waals surface area contributed by atoms with Gasteiger partial charge in [-0.15, -0.1) is 0 Å². The highest BCUT2D eigenvalue weighted by atomic mass is 16.9. The van der Waals surface area contributed by atoms with Gasteiger partial charge in [0.1, 0.15) is 36.6 Å². The summed E-state index contributed by atoms with van der Waals surface area (Å²) in [6.45, 7) is -1.09. The summed E-state index contributed by atoms with van der Waals surface area (Å²) in [4.78, 5) is 0. The molecule has 4 fully saturated rings. The van der Waals surface area contributed by atoms with E-state index in [1.54, 1.807) is 7.05 Å². The molecular formula is C21H39N3O12. The van der Waals surface area contributed by atoms with Crippen LogP contribution in [0.4, 0.5) is 0 Å². The van der Waals surface area contributed by atoms with Gasteiger partial charge < -0.3 is 76.6 Å². The number of aliphatic hydroxyl groups is 8. The molecule has 2 heterocycles. The molecule has 0 amide bonds. The van der Waals surface area contributed by atoms with Crippen LogP contribution < -0.4 is 16.8 Å². The first-order chi connectivity index (χ1) is 17.0. The highest BCUT2D eigenvalue weighted by Crippen LogP contribution is 2.46. The molecular weight excluding hydrogens is 486 g/mol. The fourth-order valence-corrected chi connectivity index (χ4v) is 5.71. The van der Waals surface area contributed by atoms with Crippen LogP contribution in [0.5, 0.6) is 0 Å². The predicted molar refractivity (Wildman–Crippen MR) is 118 cm³/mol. The average Bonchev–Trinajstić information content (AvgIpc) is 3.27. The molecule has 0 bridgehead atoms. The van der Waals surface area contributed by atoms with E-state index in [4.69, 9.17) is 30.4 Å². The van der Waals surface area contributed by atoms with Crippen molar-refractivity contribution in [1.82, 2.24) is 5.32 Å². The zero-order valence-electron chi connectivity index (χ0n) is 19.9. The third-order valence-electron chi connectivity index (χ3n) is 7.94. The fraction of sp³-hybridized carbons (Fsp3) is 1.00. The number of ether oxygens (including phenoxy) is 4. The molecule has 2 aliphatic carbocycles. The second kappa shape index (κ2) is 10.9. The van der Waals surface area contributed by atoms with Gasteiger partial charge >= 0.3 is 5.97 Å². The summed E-state index contributed by atoms with van der Waals surface area (Å²) < 4.78 is 23.5. The van der Waals surface area contributed by atoms with Gasteiger partial charge in [-0.2, -0.15) is 0 Å². The van der Waals surface area contributed by atoms with Crippen molar-refractivity contribution in [3.05, 3.63) is 0 Å². The van der Waals surface area contributed by atoms with Gasteiger partial charge in [-0.25, -0.2) is 0 Å². The molecule has 4 rings (SSSR count). The number of hydrogen-bond donors (Lipinski definition) is 11. The summed E-state index contributed by atoms with van der Waals surface area (Å²) in [7, 11) is 1.64. The molecule has 2 aliphatic heterocycles. The van der Waals surface area contributed by atoms with Crippen LogP contribution in [0.2, 0.25) is 0 Å². The Kier molecular flexibility index (Phi) is 8.58. The first-order valence-corrected chi connectivity index (χ1v) is 12.2. The minimum absolute atomic E-state index is 0.0223. The van der Waals surface area contributed by atoms with Gasteiger partial charge in [-0.1, -0.05) is 0 Å². The van der Waals surface area contributed by atoms with Gasteiger partial charge in [-0.3, -0.25) is 0 Å². The van der Waals surface area contributed by atoms with E-state index in [1.165, 1.54) is 0 Å². The Morgan fingerprint density at radius 1 is 0.917 bits per heavy atom. The summed E-state index contributed by atoms with van der Waals surface area (Å²) in [6.07, 6.45) is -14.8. The first-order valence-electron chi connectivity index (χ1n) is 12.2. The molecule has 4 aliphatic rings. The SMILES string of the molecule is CN[C@H]1C[C@@H](N)[C@H](O)[C@@H](O[C@@H]2C[C@H](CO)[C@H](O)[C@@H]3O[C@@]4(O[C@@H]([C@H](N)CO)[C@H](O)[C@H](O)[C@H]4O)O[C@@H]32)[C@@H]1O. The van der Waals surface area contributed by atoms with E-state index in [0.717, 1.165) is 0 Å². The van der Waals surface area contributed by atoms with Gasteiger partial charge in [0.2, 0.25) is 0 Å². The van der Waals surface area contributed by atoms with Crippen LogP contribution in [0.25, 0.3) is 0 Å². The Labute approximate surface area is 207 Å². The van der Waals surface area contributed by atoms with Gasteiger partial charge in [0.25, 0.3) is 0 Å². The topological polar surface area (TPSA) is 263 Å². The number of aliphatic hydroxyl groups excluding tert-OH is 8. The Bertz CT molecular complexity index is 755. The second-order valence-electron chi connectivity index (χ2n) is 10.2. The van der Waals surface area contributed by atoms with Crippen LogP contribution in [0, 0.1) is 5.92 Å². The minimum Gasteiger partial charge on any atom is -0.396 e. The molecule has 36 heavy (non-hydrogen) atoms. The van der Waals surface area contributed by atoms with E-state index < -0.39 is 110 Å². The van der Waals surface area contributed by atoms with E-state index in [9.17, 15) is 40.9 Å². The summed E-state index contributed by atoms with van der Waals surface area (Å²) in [5, 5.41) is 86.1. The molecule has 2 saturated carbocycles. The minimum atomic E-state index is -2.40. The van der Waals surface area contributed by atoms with E-state index in [-0.39, 0.29) is 6.42 Å². The molecule has 1 spiro atoms. The average molecular weight is 526 g/mol. The first kappa shape index (κ1) is 28.4. The maximum absolute atomic E-state index is 10.9. The van der Waals surface area contributed by atoms with E-state index in [2.05, 4.69) is 5.32 Å². The lowest BCUT2D eigenvalue weighted by molar-refractivity contribution is -0.438. The largest absolute Gasteiger partial charge is 0.396 e. The Morgan fingerprint density at radius 3 is 2.19 bits per heavy atom. The fourth-order valence-electron chi connectivity index (χ4n) is 5.71. The van der Waals surface area contributed by atoms with Crippen LogP contribution in [0.3, 0.4) is 0 Å². The van der Waals surface area contributed by atoms with Crippen molar-refractivity contribution < 1.29 is 59.8 Å². The zero-order chi connectivity index (χ0) is 26.5. The molecule has 0 radical (unpaired) electrons. The number of nitrogens with one attached hydrogen (secondary N) is 1. The number of hydrogen-bond acceptors (Lipinski definition) is 15. The molecule has 0 aromatic rings. The molecule has 13 N–H and O–H groups in total. The number of fused-ring (bicyclic) bond motifs is 1. The van der Waals surface area contributed by atoms with E-state index in [1.807, 2.05) is 0 Å². The summed E-state index contributed by atoms with van der Waals surface area (Å²) >= 11 is 0. The Morgan fingerprint density at radius 2 is 1.58 bits per heavy atom. The van der Waals surface area contributed by atoms with Crippen LogP contribution in [-0.2, 0) is 18.9 Å². The van der Waals surface area contributed by atoms with E-state index in [0.29, 0.717) is 6.42 Å². The van der Waals surface area contributed by atoms with Crippen LogP contribution in [0.1, 0.15) is 12.8 Å². The molecule has 0 aromatic heterocycles. The lowest BCUT2D eigenvalue weighted by Crippen LogP contribution is -2.68. The van der Waals surface area contributed by atoms with Crippen molar-refractivity contribution in [2.45, 2.75) is 104 Å². The second-order valence-corrected chi connectivity index (χ2v) is 10.2. The number of likely N-dealkylation sites (N-methyl/N-ethyl adjacent to an activating group) is 1. The smallest absolute Gasteiger partial charge is 0.314 e. The molecule has 0 unspecified atom stereocenters. The quantitative estimate of drug-likeness (QED) is 0.154. The molecule has 16 atom stereocenters. The normalized spacial score (nSPS) is 54.4. The van der Waals surface area contributed by atoms with Crippen molar-refractivity contribution in [3.8, 4) is 0 Å². The maximum Gasteiger partial charge on any atom is 0.314 e. The van der Waals surface area contributed by atoms with Crippen molar-refractivity contribution >= 4 is 0 Å². The highest BCUT2D eigenvalue weighted by Gasteiger charge is 2.67.